The highest BCUT2D eigenvalue weighted by atomic mass is 32.1. The molecule has 374 valence electrons. The molecule has 13 heteroatoms. The molecule has 2 atom stereocenters. The third-order valence-corrected chi connectivity index (χ3v) is 16.4. The molecule has 11 nitrogen and oxygen atoms in total. The zero-order valence-electron chi connectivity index (χ0n) is 43.9. The van der Waals surface area contributed by atoms with E-state index < -0.39 is 11.2 Å². The number of hydrogen-bond donors (Lipinski definition) is 0. The van der Waals surface area contributed by atoms with E-state index in [1.807, 2.05) is 69.6 Å². The first-order valence-corrected chi connectivity index (χ1v) is 26.2. The van der Waals surface area contributed by atoms with E-state index in [0.29, 0.717) is 30.3 Å². The maximum atomic E-state index is 12.7. The van der Waals surface area contributed by atoms with Gasteiger partial charge in [-0.3, -0.25) is 9.59 Å². The molecular formula is C54H83N3O8S2. The van der Waals surface area contributed by atoms with Gasteiger partial charge in [-0.05, 0) is 181 Å². The Morgan fingerprint density at radius 1 is 0.672 bits per heavy atom. The quantitative estimate of drug-likeness (QED) is 0.102. The number of piperidine rings is 2. The summed E-state index contributed by atoms with van der Waals surface area (Å²) < 4.78 is 21.8. The predicted octanol–water partition coefficient (Wildman–Crippen LogP) is 13.2. The van der Waals surface area contributed by atoms with Crippen molar-refractivity contribution in [1.82, 2.24) is 14.8 Å². The van der Waals surface area contributed by atoms with Crippen molar-refractivity contribution in [2.24, 2.45) is 11.8 Å². The number of methoxy groups -OCH3 is 2. The standard InChI is InChI=1S/C32H48N2O4S.C22H35NO4S/c1-20-19-21(2)33-30(37-9)26(20)13-11-10-12-14-27-28(24(5)35)23(4)29(39-27)22(3)25-15-17-34(18-16-25)31(36)38-32(6,7)8;1-14(17-8-11-23(12-9-17)21(25)27-22(4,5)6)20-15(2)19(16(3)24)18(28-20)10-13-26-7/h19,22,25H,10-18H2,1-9H3;14,17H,8-13H2,1-7H3/t22-;14-/m11/s1. The van der Waals surface area contributed by atoms with Crippen molar-refractivity contribution < 1.29 is 38.1 Å². The maximum absolute atomic E-state index is 12.7. The van der Waals surface area contributed by atoms with Gasteiger partial charge in [0.25, 0.3) is 0 Å². The fourth-order valence-electron chi connectivity index (χ4n) is 9.83. The number of unbranched alkanes of at least 4 members (excludes halogenated alkanes) is 2. The van der Waals surface area contributed by atoms with E-state index in [9.17, 15) is 19.2 Å². The predicted molar refractivity (Wildman–Crippen MR) is 273 cm³/mol. The normalized spacial score (nSPS) is 16.0. The Morgan fingerprint density at radius 3 is 1.48 bits per heavy atom. The number of ketones is 2. The number of carbonyl (C=O) groups excluding carboxylic acids is 4. The molecule has 0 radical (unpaired) electrons. The summed E-state index contributed by atoms with van der Waals surface area (Å²) in [5.74, 6) is 2.80. The molecule has 5 rings (SSSR count). The molecule has 2 fully saturated rings. The van der Waals surface area contributed by atoms with Gasteiger partial charge in [-0.25, -0.2) is 14.6 Å². The van der Waals surface area contributed by atoms with Gasteiger partial charge in [0.1, 0.15) is 11.2 Å². The largest absolute Gasteiger partial charge is 0.481 e. The molecule has 0 saturated carbocycles. The Labute approximate surface area is 411 Å². The smallest absolute Gasteiger partial charge is 0.410 e. The number of thiophene rings is 2. The van der Waals surface area contributed by atoms with Crippen molar-refractivity contribution in [1.29, 1.82) is 0 Å². The Kier molecular flexibility index (Phi) is 20.5. The van der Waals surface area contributed by atoms with Gasteiger partial charge in [0.15, 0.2) is 11.6 Å². The van der Waals surface area contributed by atoms with Crippen LogP contribution in [0.25, 0.3) is 0 Å². The van der Waals surface area contributed by atoms with Crippen LogP contribution in [0.3, 0.4) is 0 Å². The van der Waals surface area contributed by atoms with Crippen LogP contribution in [0.15, 0.2) is 6.07 Å². The third kappa shape index (κ3) is 15.6. The Bertz CT molecular complexity index is 2150. The van der Waals surface area contributed by atoms with Gasteiger partial charge in [0.05, 0.1) is 13.7 Å². The van der Waals surface area contributed by atoms with Gasteiger partial charge in [-0.2, -0.15) is 0 Å². The first-order valence-electron chi connectivity index (χ1n) is 24.6. The van der Waals surface area contributed by atoms with Crippen molar-refractivity contribution in [2.45, 2.75) is 184 Å². The van der Waals surface area contributed by atoms with Crippen molar-refractivity contribution in [2.75, 3.05) is 47.0 Å². The summed E-state index contributed by atoms with van der Waals surface area (Å²) in [5.41, 5.74) is 6.60. The van der Waals surface area contributed by atoms with E-state index in [-0.39, 0.29) is 23.8 Å². The van der Waals surface area contributed by atoms with Crippen LogP contribution in [0, 0.1) is 39.5 Å². The van der Waals surface area contributed by atoms with Gasteiger partial charge in [0.2, 0.25) is 5.88 Å². The number of nitrogens with zero attached hydrogens (tertiary/aromatic N) is 3. The van der Waals surface area contributed by atoms with Crippen molar-refractivity contribution in [3.8, 4) is 5.88 Å². The van der Waals surface area contributed by atoms with Gasteiger partial charge in [-0.1, -0.05) is 20.3 Å². The molecule has 0 aliphatic carbocycles. The van der Waals surface area contributed by atoms with E-state index in [1.54, 1.807) is 39.4 Å². The number of rotatable bonds is 16. The summed E-state index contributed by atoms with van der Waals surface area (Å²) >= 11 is 3.60. The number of pyridine rings is 1. The minimum atomic E-state index is -0.474. The van der Waals surface area contributed by atoms with Crippen molar-refractivity contribution in [3.05, 3.63) is 64.6 Å². The zero-order chi connectivity index (χ0) is 50.0. The number of aromatic nitrogens is 1. The monoisotopic (exact) mass is 966 g/mol. The van der Waals surface area contributed by atoms with E-state index in [0.717, 1.165) is 129 Å². The summed E-state index contributed by atoms with van der Waals surface area (Å²) in [6.07, 6.45) is 9.30. The molecule has 2 aliphatic rings. The lowest BCUT2D eigenvalue weighted by atomic mass is 9.83. The van der Waals surface area contributed by atoms with Crippen LogP contribution >= 0.6 is 22.7 Å². The Hall–Kier alpha value is -3.81. The SMILES string of the molecule is COCCc1sc([C@H](C)C2CCN(C(=O)OC(C)(C)C)CC2)c(C)c1C(C)=O.COc1nc(C)cc(C)c1CCCCCc1sc([C@H](C)C2CCN(C(=O)OC(C)(C)C)CC2)c(C)c1C(C)=O. The highest BCUT2D eigenvalue weighted by molar-refractivity contribution is 7.13. The summed E-state index contributed by atoms with van der Waals surface area (Å²) in [6.45, 7) is 31.2. The zero-order valence-corrected chi connectivity index (χ0v) is 45.6. The minimum absolute atomic E-state index is 0.137. The molecule has 0 spiro atoms. The minimum Gasteiger partial charge on any atom is -0.481 e. The Balaban J connectivity index is 0.000000309. The van der Waals surface area contributed by atoms with E-state index in [1.165, 1.54) is 25.8 Å². The summed E-state index contributed by atoms with van der Waals surface area (Å²) in [5, 5.41) is 0. The fraction of sp³-hybridized carbons (Fsp3) is 0.685. The van der Waals surface area contributed by atoms with E-state index in [4.69, 9.17) is 18.9 Å². The molecule has 0 bridgehead atoms. The van der Waals surface area contributed by atoms with Crippen LogP contribution in [0.5, 0.6) is 5.88 Å². The molecular weight excluding hydrogens is 883 g/mol. The lowest BCUT2D eigenvalue weighted by molar-refractivity contribution is 0.0166. The number of Topliss-reactive ketones (excluding diaryl/α,β-unsaturated/α-hetero) is 2. The highest BCUT2D eigenvalue weighted by Gasteiger charge is 2.34. The van der Waals surface area contributed by atoms with Gasteiger partial charge in [-0.15, -0.1) is 22.7 Å². The van der Waals surface area contributed by atoms with Crippen LogP contribution in [-0.4, -0.2) is 96.7 Å². The molecule has 3 aromatic heterocycles. The fourth-order valence-corrected chi connectivity index (χ4v) is 12.9. The first kappa shape index (κ1) is 55.8. The molecule has 67 heavy (non-hydrogen) atoms. The highest BCUT2D eigenvalue weighted by Crippen LogP contribution is 2.43. The number of likely N-dealkylation sites (tertiary alicyclic amines) is 2. The summed E-state index contributed by atoms with van der Waals surface area (Å²) in [4.78, 5) is 62.9. The molecule has 2 aliphatic heterocycles. The number of amides is 2. The van der Waals surface area contributed by atoms with Crippen LogP contribution in [0.2, 0.25) is 0 Å². The lowest BCUT2D eigenvalue weighted by Gasteiger charge is -2.35. The topological polar surface area (TPSA) is 125 Å². The maximum Gasteiger partial charge on any atom is 0.410 e. The second-order valence-corrected chi connectivity index (χ2v) is 23.2. The molecule has 2 saturated heterocycles. The van der Waals surface area contributed by atoms with Crippen molar-refractivity contribution >= 4 is 46.4 Å². The number of carbonyl (C=O) groups is 4. The molecule has 0 unspecified atom stereocenters. The van der Waals surface area contributed by atoms with E-state index in [2.05, 4.69) is 45.7 Å². The summed E-state index contributed by atoms with van der Waals surface area (Å²) in [7, 11) is 3.38. The molecule has 0 aromatic carbocycles. The van der Waals surface area contributed by atoms with Crippen LogP contribution < -0.4 is 4.74 Å². The van der Waals surface area contributed by atoms with Crippen LogP contribution in [0.1, 0.15) is 194 Å². The summed E-state index contributed by atoms with van der Waals surface area (Å²) in [6, 6.07) is 2.12. The molecule has 0 N–H and O–H groups in total. The second-order valence-electron chi connectivity index (χ2n) is 21.0. The van der Waals surface area contributed by atoms with Gasteiger partial charge >= 0.3 is 12.2 Å². The molecule has 5 heterocycles. The van der Waals surface area contributed by atoms with Crippen molar-refractivity contribution in [3.63, 3.8) is 0 Å². The average Bonchev–Trinajstić information content (AvgIpc) is 3.77. The first-order chi connectivity index (χ1) is 31.4. The van der Waals surface area contributed by atoms with Crippen LogP contribution in [-0.2, 0) is 33.5 Å². The lowest BCUT2D eigenvalue weighted by Crippen LogP contribution is -2.42. The third-order valence-electron chi connectivity index (χ3n) is 13.3. The second kappa shape index (κ2) is 24.7. The number of hydrogen-bond acceptors (Lipinski definition) is 11. The number of ether oxygens (including phenoxy) is 4. The molecule has 3 aromatic rings. The van der Waals surface area contributed by atoms with Gasteiger partial charge < -0.3 is 28.7 Å². The van der Waals surface area contributed by atoms with Gasteiger partial charge in [0, 0.05) is 81.6 Å². The number of aryl methyl sites for hydroxylation is 3. The Morgan fingerprint density at radius 2 is 1.09 bits per heavy atom. The molecule has 2 amide bonds. The van der Waals surface area contributed by atoms with E-state index >= 15 is 0 Å². The average molecular weight is 966 g/mol. The van der Waals surface area contributed by atoms with Crippen LogP contribution in [0.4, 0.5) is 9.59 Å².